The molecule has 0 unspecified atom stereocenters. The summed E-state index contributed by atoms with van der Waals surface area (Å²) in [5.74, 6) is 0.943. The summed E-state index contributed by atoms with van der Waals surface area (Å²) >= 11 is 1.35. The lowest BCUT2D eigenvalue weighted by Crippen LogP contribution is -2.10. The van der Waals surface area contributed by atoms with Crippen molar-refractivity contribution in [2.24, 2.45) is 0 Å². The van der Waals surface area contributed by atoms with Gasteiger partial charge in [-0.1, -0.05) is 11.8 Å². The summed E-state index contributed by atoms with van der Waals surface area (Å²) in [6, 6.07) is 0. The van der Waals surface area contributed by atoms with Gasteiger partial charge in [-0.05, 0) is 0 Å². The van der Waals surface area contributed by atoms with Gasteiger partial charge in [-0.3, -0.25) is 4.79 Å². The first kappa shape index (κ1) is 7.49. The Hall–Kier alpha value is -0.510. The highest BCUT2D eigenvalue weighted by atomic mass is 32.2. The van der Waals surface area contributed by atoms with Gasteiger partial charge in [0.2, 0.25) is 0 Å². The van der Waals surface area contributed by atoms with Gasteiger partial charge in [0.1, 0.15) is 6.79 Å². The maximum absolute atomic E-state index is 10.1. The zero-order chi connectivity index (χ0) is 6.41. The first-order chi connectivity index (χ1) is 3.89. The summed E-state index contributed by atoms with van der Waals surface area (Å²) in [6.07, 6.45) is 0. The Morgan fingerprint density at radius 3 is 2.38 bits per heavy atom. The largest absolute Gasteiger partial charge is 0.346 e. The zero-order valence-electron chi connectivity index (χ0n) is 4.35. The van der Waals surface area contributed by atoms with E-state index in [1.54, 1.807) is 0 Å². The molecule has 46 valence electrons. The summed E-state index contributed by atoms with van der Waals surface area (Å²) in [7, 11) is 0. The maximum atomic E-state index is 10.1. The van der Waals surface area contributed by atoms with Crippen LogP contribution in [0.3, 0.4) is 0 Å². The van der Waals surface area contributed by atoms with E-state index in [1.165, 1.54) is 11.8 Å². The Morgan fingerprint density at radius 1 is 1.62 bits per heavy atom. The molecule has 1 amide bonds. The molecule has 0 saturated carbocycles. The van der Waals surface area contributed by atoms with E-state index < -0.39 is 0 Å². The van der Waals surface area contributed by atoms with Crippen LogP contribution in [-0.2, 0) is 4.79 Å². The van der Waals surface area contributed by atoms with E-state index in [1.807, 2.05) is 6.79 Å². The first-order valence-corrected chi connectivity index (χ1v) is 3.07. The lowest BCUT2D eigenvalue weighted by atomic mass is 10.8. The van der Waals surface area contributed by atoms with Crippen molar-refractivity contribution in [3.63, 3.8) is 0 Å². The average molecular weight is 133 g/mol. The fourth-order valence-corrected chi connectivity index (χ4v) is 0.941. The highest BCUT2D eigenvalue weighted by Crippen LogP contribution is 2.04. The molecule has 8 heavy (non-hydrogen) atoms. The topological polar surface area (TPSA) is 46.2 Å². The van der Waals surface area contributed by atoms with Gasteiger partial charge >= 0.3 is 0 Å². The van der Waals surface area contributed by atoms with Crippen molar-refractivity contribution in [1.82, 2.24) is 5.32 Å². The minimum absolute atomic E-state index is 0.120. The van der Waals surface area contributed by atoms with E-state index in [9.17, 15) is 4.79 Å². The summed E-state index contributed by atoms with van der Waals surface area (Å²) in [5.41, 5.74) is 0. The van der Waals surface area contributed by atoms with E-state index in [0.29, 0.717) is 0 Å². The van der Waals surface area contributed by atoms with Gasteiger partial charge in [0, 0.05) is 12.3 Å². The second-order valence-electron chi connectivity index (χ2n) is 1.06. The second-order valence-corrected chi connectivity index (χ2v) is 2.13. The molecule has 1 rings (SSSR count). The summed E-state index contributed by atoms with van der Waals surface area (Å²) in [4.78, 5) is 18.1. The predicted octanol–water partition coefficient (Wildman–Crippen LogP) is 0.258. The monoisotopic (exact) mass is 133 g/mol. The molecule has 0 bridgehead atoms. The fourth-order valence-electron chi connectivity index (χ4n) is 0.348. The molecule has 0 aromatic heterocycles. The van der Waals surface area contributed by atoms with Gasteiger partial charge in [0.25, 0.3) is 5.24 Å². The Balaban J connectivity index is 0.000000222. The molecule has 0 aromatic rings. The predicted molar refractivity (Wildman–Crippen MR) is 33.0 cm³/mol. The normalized spacial score (nSPS) is 16.2. The molecule has 0 radical (unpaired) electrons. The molecule has 1 saturated heterocycles. The number of hydrogen-bond donors (Lipinski definition) is 1. The third kappa shape index (κ3) is 2.63. The van der Waals surface area contributed by atoms with Crippen LogP contribution in [0.2, 0.25) is 0 Å². The molecule has 1 aliphatic rings. The molecule has 1 N–H and O–H groups in total. The minimum Gasteiger partial charge on any atom is -0.346 e. The maximum Gasteiger partial charge on any atom is 0.279 e. The lowest BCUT2D eigenvalue weighted by molar-refractivity contribution is -0.0979. The van der Waals surface area contributed by atoms with E-state index >= 15 is 0 Å². The molecule has 1 aliphatic heterocycles. The number of hydrogen-bond acceptors (Lipinski definition) is 3. The molecular formula is C4H7NO2S. The standard InChI is InChI=1S/C3H5NOS.CH2O/c5-3-4-1-2-6-3;1-2/h1-2H2,(H,4,5);1H2. The van der Waals surface area contributed by atoms with Crippen LogP contribution in [0.15, 0.2) is 0 Å². The van der Waals surface area contributed by atoms with Crippen molar-refractivity contribution < 1.29 is 9.59 Å². The van der Waals surface area contributed by atoms with Gasteiger partial charge in [-0.25, -0.2) is 0 Å². The number of rotatable bonds is 0. The van der Waals surface area contributed by atoms with Gasteiger partial charge in [0.15, 0.2) is 0 Å². The van der Waals surface area contributed by atoms with Gasteiger partial charge < -0.3 is 10.1 Å². The van der Waals surface area contributed by atoms with E-state index in [4.69, 9.17) is 4.79 Å². The molecule has 0 aliphatic carbocycles. The number of carbonyl (C=O) groups excluding carboxylic acids is 2. The van der Waals surface area contributed by atoms with Crippen molar-refractivity contribution in [3.05, 3.63) is 0 Å². The highest BCUT2D eigenvalue weighted by molar-refractivity contribution is 8.13. The molecule has 0 spiro atoms. The molecule has 0 aromatic carbocycles. The third-order valence-electron chi connectivity index (χ3n) is 0.605. The van der Waals surface area contributed by atoms with E-state index in [2.05, 4.69) is 5.32 Å². The van der Waals surface area contributed by atoms with Crippen LogP contribution >= 0.6 is 11.8 Å². The summed E-state index contributed by atoms with van der Waals surface area (Å²) in [6.45, 7) is 2.85. The first-order valence-electron chi connectivity index (χ1n) is 2.09. The molecular weight excluding hydrogens is 126 g/mol. The minimum atomic E-state index is 0.120. The van der Waals surface area contributed by atoms with Crippen LogP contribution < -0.4 is 5.32 Å². The molecule has 1 fully saturated rings. The van der Waals surface area contributed by atoms with Gasteiger partial charge in [-0.2, -0.15) is 0 Å². The zero-order valence-corrected chi connectivity index (χ0v) is 5.16. The number of thioether (sulfide) groups is 1. The van der Waals surface area contributed by atoms with Crippen LogP contribution in [0.4, 0.5) is 4.79 Å². The van der Waals surface area contributed by atoms with Crippen molar-refractivity contribution in [2.75, 3.05) is 12.3 Å². The number of nitrogens with one attached hydrogen (secondary N) is 1. The van der Waals surface area contributed by atoms with Gasteiger partial charge in [0.05, 0.1) is 0 Å². The summed E-state index contributed by atoms with van der Waals surface area (Å²) in [5, 5.41) is 2.76. The molecule has 4 heteroatoms. The van der Waals surface area contributed by atoms with Crippen LogP contribution in [0, 0.1) is 0 Å². The quantitative estimate of drug-likeness (QED) is 0.515. The van der Waals surface area contributed by atoms with Crippen LogP contribution in [-0.4, -0.2) is 24.3 Å². The Morgan fingerprint density at radius 2 is 2.25 bits per heavy atom. The van der Waals surface area contributed by atoms with Gasteiger partial charge in [-0.15, -0.1) is 0 Å². The third-order valence-corrected chi connectivity index (χ3v) is 1.42. The van der Waals surface area contributed by atoms with Crippen LogP contribution in [0.1, 0.15) is 0 Å². The SMILES string of the molecule is C=O.O=C1NCCS1. The Kier molecular flexibility index (Phi) is 4.35. The Bertz CT molecular complexity index is 78.1. The molecule has 1 heterocycles. The number of carbonyl (C=O) groups is 2. The Labute approximate surface area is 51.8 Å². The number of amides is 1. The van der Waals surface area contributed by atoms with E-state index in [-0.39, 0.29) is 5.24 Å². The van der Waals surface area contributed by atoms with Crippen molar-refractivity contribution in [3.8, 4) is 0 Å². The van der Waals surface area contributed by atoms with E-state index in [0.717, 1.165) is 12.3 Å². The molecule has 3 nitrogen and oxygen atoms in total. The highest BCUT2D eigenvalue weighted by Gasteiger charge is 2.06. The fraction of sp³-hybridized carbons (Fsp3) is 0.500. The van der Waals surface area contributed by atoms with Crippen LogP contribution in [0.25, 0.3) is 0 Å². The molecule has 0 atom stereocenters. The summed E-state index contributed by atoms with van der Waals surface area (Å²) < 4.78 is 0. The smallest absolute Gasteiger partial charge is 0.279 e. The van der Waals surface area contributed by atoms with Crippen molar-refractivity contribution >= 4 is 23.8 Å². The second kappa shape index (κ2) is 4.64. The average Bonchev–Trinajstić information content (AvgIpc) is 2.24. The lowest BCUT2D eigenvalue weighted by Gasteiger charge is -1.78. The van der Waals surface area contributed by atoms with Crippen molar-refractivity contribution in [1.29, 1.82) is 0 Å². The van der Waals surface area contributed by atoms with Crippen molar-refractivity contribution in [2.45, 2.75) is 0 Å². The van der Waals surface area contributed by atoms with Crippen LogP contribution in [0.5, 0.6) is 0 Å².